The van der Waals surface area contributed by atoms with Crippen molar-refractivity contribution in [2.45, 2.75) is 117 Å². The van der Waals surface area contributed by atoms with Crippen molar-refractivity contribution in [2.75, 3.05) is 13.2 Å². The molecule has 47 heavy (non-hydrogen) atoms. The Balaban J connectivity index is 1.17. The molecule has 0 radical (unpaired) electrons. The number of hydrogen-bond acceptors (Lipinski definition) is 6. The van der Waals surface area contributed by atoms with Gasteiger partial charge in [0.05, 0.1) is 18.8 Å². The van der Waals surface area contributed by atoms with Gasteiger partial charge >= 0.3 is 5.97 Å². The molecule has 4 aromatic rings. The van der Waals surface area contributed by atoms with E-state index in [1.807, 2.05) is 36.4 Å². The van der Waals surface area contributed by atoms with Crippen LogP contribution in [-0.2, 0) is 4.74 Å². The summed E-state index contributed by atoms with van der Waals surface area (Å²) in [4.78, 5) is 17.0. The third-order valence-corrected chi connectivity index (χ3v) is 8.62. The van der Waals surface area contributed by atoms with Gasteiger partial charge in [0.15, 0.2) is 0 Å². The number of esters is 1. The molecule has 0 saturated heterocycles. The van der Waals surface area contributed by atoms with Crippen LogP contribution in [0.4, 0.5) is 0 Å². The van der Waals surface area contributed by atoms with E-state index in [1.54, 1.807) is 12.1 Å². The summed E-state index contributed by atoms with van der Waals surface area (Å²) in [7, 11) is 0. The highest BCUT2D eigenvalue weighted by molar-refractivity contribution is 5.89. The summed E-state index contributed by atoms with van der Waals surface area (Å²) in [5.74, 6) is 1.54. The maximum Gasteiger partial charge on any atom is 0.338 e. The predicted octanol–water partition coefficient (Wildman–Crippen LogP) is 11.9. The first-order chi connectivity index (χ1) is 23.2. The topological polar surface area (TPSA) is 74.5 Å². The van der Waals surface area contributed by atoms with Crippen LogP contribution in [0.1, 0.15) is 127 Å². The maximum absolute atomic E-state index is 12.4. The van der Waals surface area contributed by atoms with Gasteiger partial charge in [-0.15, -0.1) is 0 Å². The second-order valence-corrected chi connectivity index (χ2v) is 12.5. The Kier molecular flexibility index (Phi) is 16.1. The summed E-state index contributed by atoms with van der Waals surface area (Å²) in [5, 5.41) is 4.16. The van der Waals surface area contributed by atoms with Crippen molar-refractivity contribution in [2.24, 2.45) is 0 Å². The van der Waals surface area contributed by atoms with E-state index >= 15 is 0 Å². The Labute approximate surface area is 282 Å². The molecular weight excluding hydrogens is 584 g/mol. The van der Waals surface area contributed by atoms with Crippen LogP contribution in [0.25, 0.3) is 34.0 Å². The number of unbranched alkanes of at least 4 members (excludes halogenated alkanes) is 14. The number of carbonyl (C=O) groups is 1. The number of hydrogen-bond donors (Lipinski definition) is 0. The van der Waals surface area contributed by atoms with Crippen molar-refractivity contribution in [1.82, 2.24) is 10.1 Å². The Morgan fingerprint density at radius 2 is 1.02 bits per heavy atom. The monoisotopic (exact) mass is 638 g/mol. The van der Waals surface area contributed by atoms with Gasteiger partial charge in [0.25, 0.3) is 5.89 Å². The molecule has 6 nitrogen and oxygen atoms in total. The van der Waals surface area contributed by atoms with E-state index in [0.717, 1.165) is 53.9 Å². The minimum Gasteiger partial charge on any atom is -0.494 e. The fourth-order valence-electron chi connectivity index (χ4n) is 5.67. The second kappa shape index (κ2) is 21.0. The molecule has 0 fully saturated rings. The van der Waals surface area contributed by atoms with E-state index in [2.05, 4.69) is 48.3 Å². The summed E-state index contributed by atoms with van der Waals surface area (Å²) in [6.45, 7) is 5.71. The van der Waals surface area contributed by atoms with Crippen molar-refractivity contribution in [3.63, 3.8) is 0 Å². The number of nitrogens with zero attached hydrogens (tertiary/aromatic N) is 2. The summed E-state index contributed by atoms with van der Waals surface area (Å²) >= 11 is 0. The van der Waals surface area contributed by atoms with Gasteiger partial charge in [0.1, 0.15) is 5.75 Å². The van der Waals surface area contributed by atoms with Crippen molar-refractivity contribution in [1.29, 1.82) is 0 Å². The van der Waals surface area contributed by atoms with Gasteiger partial charge in [-0.2, -0.15) is 4.98 Å². The predicted molar refractivity (Wildman–Crippen MR) is 192 cm³/mol. The maximum atomic E-state index is 12.4. The highest BCUT2D eigenvalue weighted by Crippen LogP contribution is 2.27. The summed E-state index contributed by atoms with van der Waals surface area (Å²) in [5.41, 5.74) is 4.37. The second-order valence-electron chi connectivity index (χ2n) is 12.5. The summed E-state index contributed by atoms with van der Waals surface area (Å²) in [6.07, 6.45) is 20.2. The lowest BCUT2D eigenvalue weighted by atomic mass is 10.0. The first kappa shape index (κ1) is 35.9. The molecule has 0 bridgehead atoms. The molecule has 0 unspecified atom stereocenters. The molecule has 1 aromatic heterocycles. The lowest BCUT2D eigenvalue weighted by Gasteiger charge is -2.08. The Hall–Kier alpha value is -3.93. The molecule has 0 amide bonds. The molecule has 0 atom stereocenters. The van der Waals surface area contributed by atoms with E-state index in [0.29, 0.717) is 23.9 Å². The SMILES string of the molecule is CCCCCCCCCCCCOc1ccc(-c2ccc(-c3nc(-c4ccc(C(=O)OCCCCCCCC)cc4)no3)cc2)cc1. The van der Waals surface area contributed by atoms with E-state index in [1.165, 1.54) is 83.5 Å². The highest BCUT2D eigenvalue weighted by Gasteiger charge is 2.13. The Morgan fingerprint density at radius 1 is 0.553 bits per heavy atom. The molecule has 0 aliphatic rings. The van der Waals surface area contributed by atoms with Crippen molar-refractivity contribution < 1.29 is 18.8 Å². The first-order valence-corrected chi connectivity index (χ1v) is 18.1. The zero-order chi connectivity index (χ0) is 32.9. The van der Waals surface area contributed by atoms with Gasteiger partial charge in [-0.25, -0.2) is 4.79 Å². The first-order valence-electron chi connectivity index (χ1n) is 18.1. The highest BCUT2D eigenvalue weighted by atomic mass is 16.5. The largest absolute Gasteiger partial charge is 0.494 e. The molecule has 0 spiro atoms. The molecule has 4 rings (SSSR count). The Morgan fingerprint density at radius 3 is 1.60 bits per heavy atom. The van der Waals surface area contributed by atoms with E-state index in [9.17, 15) is 4.79 Å². The minimum absolute atomic E-state index is 0.300. The molecule has 6 heteroatoms. The van der Waals surface area contributed by atoms with Crippen LogP contribution in [0.3, 0.4) is 0 Å². The number of aromatic nitrogens is 2. The van der Waals surface area contributed by atoms with Crippen LogP contribution in [0.5, 0.6) is 5.75 Å². The lowest BCUT2D eigenvalue weighted by molar-refractivity contribution is 0.0497. The van der Waals surface area contributed by atoms with Gasteiger partial charge in [-0.05, 0) is 60.4 Å². The van der Waals surface area contributed by atoms with E-state index < -0.39 is 0 Å². The quantitative estimate of drug-likeness (QED) is 0.0594. The Bertz CT molecular complexity index is 1410. The fraction of sp³-hybridized carbons (Fsp3) is 0.488. The van der Waals surface area contributed by atoms with Gasteiger partial charge in [-0.3, -0.25) is 0 Å². The standard InChI is InChI=1S/C41H54N2O4/c1-3-5-7-9-11-12-13-14-16-17-31-45-38-29-27-34(28-30-38)33-19-23-36(24-20-33)40-42-39(43-47-40)35-21-25-37(26-22-35)41(44)46-32-18-15-10-8-6-4-2/h19-30H,3-18,31-32H2,1-2H3. The number of ether oxygens (including phenoxy) is 2. The van der Waals surface area contributed by atoms with Crippen LogP contribution in [-0.4, -0.2) is 29.3 Å². The van der Waals surface area contributed by atoms with Gasteiger partial charge in [0, 0.05) is 11.1 Å². The average Bonchev–Trinajstić information content (AvgIpc) is 3.61. The zero-order valence-corrected chi connectivity index (χ0v) is 28.7. The number of benzene rings is 3. The average molecular weight is 639 g/mol. The molecule has 3 aromatic carbocycles. The molecular formula is C41H54N2O4. The third kappa shape index (κ3) is 12.7. The minimum atomic E-state index is -0.300. The van der Waals surface area contributed by atoms with Gasteiger partial charge in [0.2, 0.25) is 5.82 Å². The third-order valence-electron chi connectivity index (χ3n) is 8.62. The molecule has 0 aliphatic heterocycles. The van der Waals surface area contributed by atoms with Crippen LogP contribution in [0.15, 0.2) is 77.3 Å². The van der Waals surface area contributed by atoms with Crippen molar-refractivity contribution in [3.05, 3.63) is 78.4 Å². The summed E-state index contributed by atoms with van der Waals surface area (Å²) in [6, 6.07) is 23.5. The number of carbonyl (C=O) groups excluding carboxylic acids is 1. The van der Waals surface area contributed by atoms with Crippen molar-refractivity contribution >= 4 is 5.97 Å². The number of rotatable bonds is 23. The normalized spacial score (nSPS) is 11.1. The van der Waals surface area contributed by atoms with Crippen LogP contribution < -0.4 is 4.74 Å². The molecule has 0 aliphatic carbocycles. The molecule has 252 valence electrons. The van der Waals surface area contributed by atoms with Crippen LogP contribution >= 0.6 is 0 Å². The molecule has 1 heterocycles. The van der Waals surface area contributed by atoms with Gasteiger partial charge < -0.3 is 14.0 Å². The lowest BCUT2D eigenvalue weighted by Crippen LogP contribution is -2.06. The zero-order valence-electron chi connectivity index (χ0n) is 28.7. The van der Waals surface area contributed by atoms with Crippen LogP contribution in [0.2, 0.25) is 0 Å². The fourth-order valence-corrected chi connectivity index (χ4v) is 5.67. The molecule has 0 N–H and O–H groups in total. The van der Waals surface area contributed by atoms with E-state index in [4.69, 9.17) is 14.0 Å². The van der Waals surface area contributed by atoms with Gasteiger partial charge in [-0.1, -0.05) is 145 Å². The van der Waals surface area contributed by atoms with Crippen molar-refractivity contribution in [3.8, 4) is 39.7 Å². The van der Waals surface area contributed by atoms with Crippen LogP contribution in [0, 0.1) is 0 Å². The summed E-state index contributed by atoms with van der Waals surface area (Å²) < 4.78 is 17.0. The molecule has 0 saturated carbocycles. The van der Waals surface area contributed by atoms with E-state index in [-0.39, 0.29) is 5.97 Å². The smallest absolute Gasteiger partial charge is 0.338 e.